The Morgan fingerprint density at radius 1 is 1.23 bits per heavy atom. The van der Waals surface area contributed by atoms with E-state index >= 15 is 0 Å². The zero-order valence-electron chi connectivity index (χ0n) is 20.2. The first kappa shape index (κ1) is 28.1. The highest BCUT2D eigenvalue weighted by Gasteiger charge is 2.37. The number of halogens is 6. The van der Waals surface area contributed by atoms with Gasteiger partial charge in [0.05, 0.1) is 47.9 Å². The number of fused-ring (bicyclic) bond motifs is 1. The van der Waals surface area contributed by atoms with Gasteiger partial charge < -0.3 is 14.8 Å². The zero-order valence-corrected chi connectivity index (χ0v) is 20.2. The van der Waals surface area contributed by atoms with Crippen LogP contribution in [-0.4, -0.2) is 45.6 Å². The quantitative estimate of drug-likeness (QED) is 0.357. The first-order valence-corrected chi connectivity index (χ1v) is 11.9. The number of benzene rings is 1. The normalized spacial score (nSPS) is 14.8. The fourth-order valence-electron chi connectivity index (χ4n) is 4.18. The first-order valence-electron chi connectivity index (χ1n) is 11.9. The van der Waals surface area contributed by atoms with Crippen LogP contribution in [0.15, 0.2) is 40.3 Å². The third-order valence-corrected chi connectivity index (χ3v) is 5.99. The van der Waals surface area contributed by atoms with E-state index in [-0.39, 0.29) is 35.9 Å². The SMILES string of the molecule is O=c1[nH]ncc(N[C@H](CCCn2cnc3cc(C4=CCCCO4)c(F)cc3c2=O)COC(F)F)c1C(F)(F)F. The standard InChI is InChI=1S/C24H23F6N5O4/c25-16-8-15-17(9-14(16)19-5-1-2-7-38-19)31-12-35(22(15)37)6-3-4-13(11-39-23(26)27)33-18-10-32-34-21(36)20(18)24(28,29)30/h5,8-10,12-13,23H,1-4,6-7,11H2,(H2,33,34,36)/t13-/m1/s1. The molecule has 0 amide bonds. The summed E-state index contributed by atoms with van der Waals surface area (Å²) in [6.07, 6.45) is 0.293. The van der Waals surface area contributed by atoms with E-state index in [4.69, 9.17) is 4.74 Å². The summed E-state index contributed by atoms with van der Waals surface area (Å²) in [5.74, 6) is -0.284. The maximum Gasteiger partial charge on any atom is 0.423 e. The van der Waals surface area contributed by atoms with Crippen molar-refractivity contribution in [1.82, 2.24) is 19.7 Å². The maximum absolute atomic E-state index is 14.8. The summed E-state index contributed by atoms with van der Waals surface area (Å²) in [7, 11) is 0. The largest absolute Gasteiger partial charge is 0.493 e. The van der Waals surface area contributed by atoms with E-state index < -0.39 is 53.6 Å². The predicted octanol–water partition coefficient (Wildman–Crippen LogP) is 4.29. The Labute approximate surface area is 216 Å². The summed E-state index contributed by atoms with van der Waals surface area (Å²) in [5.41, 5.74) is -3.90. The van der Waals surface area contributed by atoms with Gasteiger partial charge in [-0.3, -0.25) is 14.2 Å². The fourth-order valence-corrected chi connectivity index (χ4v) is 4.18. The molecule has 0 radical (unpaired) electrons. The van der Waals surface area contributed by atoms with Crippen molar-refractivity contribution in [3.63, 3.8) is 0 Å². The lowest BCUT2D eigenvalue weighted by Gasteiger charge is -2.22. The zero-order chi connectivity index (χ0) is 28.2. The van der Waals surface area contributed by atoms with Gasteiger partial charge in [-0.2, -0.15) is 27.1 Å². The maximum atomic E-state index is 14.8. The minimum atomic E-state index is -5.04. The number of aromatic nitrogens is 4. The van der Waals surface area contributed by atoms with Gasteiger partial charge in [-0.25, -0.2) is 14.5 Å². The van der Waals surface area contributed by atoms with Crippen LogP contribution in [0.3, 0.4) is 0 Å². The van der Waals surface area contributed by atoms with Crippen LogP contribution < -0.4 is 16.4 Å². The number of anilines is 1. The van der Waals surface area contributed by atoms with Crippen LogP contribution in [0.5, 0.6) is 0 Å². The molecule has 15 heteroatoms. The number of ether oxygens (including phenoxy) is 2. The van der Waals surface area contributed by atoms with Gasteiger partial charge in [0.25, 0.3) is 11.1 Å². The summed E-state index contributed by atoms with van der Waals surface area (Å²) in [6, 6.07) is 1.38. The molecule has 3 heterocycles. The lowest BCUT2D eigenvalue weighted by atomic mass is 10.1. The number of H-pyrrole nitrogens is 1. The van der Waals surface area contributed by atoms with Crippen molar-refractivity contribution in [2.75, 3.05) is 18.5 Å². The van der Waals surface area contributed by atoms with E-state index in [1.54, 1.807) is 11.2 Å². The summed E-state index contributed by atoms with van der Waals surface area (Å²) in [6.45, 7) is -3.44. The molecule has 0 unspecified atom stereocenters. The van der Waals surface area contributed by atoms with Crippen LogP contribution in [0.25, 0.3) is 16.7 Å². The lowest BCUT2D eigenvalue weighted by Crippen LogP contribution is -2.32. The molecule has 1 aliphatic rings. The number of aryl methyl sites for hydroxylation is 1. The second-order valence-electron chi connectivity index (χ2n) is 8.71. The molecule has 39 heavy (non-hydrogen) atoms. The molecule has 0 saturated carbocycles. The summed E-state index contributed by atoms with van der Waals surface area (Å²) >= 11 is 0. The van der Waals surface area contributed by atoms with E-state index in [2.05, 4.69) is 20.1 Å². The second-order valence-corrected chi connectivity index (χ2v) is 8.71. The van der Waals surface area contributed by atoms with E-state index in [1.165, 1.54) is 17.0 Å². The van der Waals surface area contributed by atoms with E-state index in [0.29, 0.717) is 18.6 Å². The molecular weight excluding hydrogens is 536 g/mol. The van der Waals surface area contributed by atoms with Crippen molar-refractivity contribution in [3.05, 3.63) is 68.4 Å². The first-order chi connectivity index (χ1) is 18.5. The molecule has 0 spiro atoms. The van der Waals surface area contributed by atoms with Crippen LogP contribution in [-0.2, 0) is 22.2 Å². The molecule has 210 valence electrons. The highest BCUT2D eigenvalue weighted by atomic mass is 19.4. The minimum Gasteiger partial charge on any atom is -0.493 e. The topological polar surface area (TPSA) is 111 Å². The number of allylic oxidation sites excluding steroid dienone is 1. The van der Waals surface area contributed by atoms with Gasteiger partial charge >= 0.3 is 12.8 Å². The van der Waals surface area contributed by atoms with E-state index in [9.17, 15) is 35.9 Å². The van der Waals surface area contributed by atoms with Crippen LogP contribution in [0.4, 0.5) is 32.0 Å². The van der Waals surface area contributed by atoms with Gasteiger partial charge in [-0.05, 0) is 43.9 Å². The Morgan fingerprint density at radius 2 is 2.03 bits per heavy atom. The van der Waals surface area contributed by atoms with Crippen LogP contribution in [0.1, 0.15) is 36.8 Å². The van der Waals surface area contributed by atoms with Crippen molar-refractivity contribution < 1.29 is 35.8 Å². The molecule has 1 aromatic carbocycles. The highest BCUT2D eigenvalue weighted by molar-refractivity contribution is 5.81. The van der Waals surface area contributed by atoms with Crippen molar-refractivity contribution in [3.8, 4) is 0 Å². The Bertz CT molecular complexity index is 1470. The number of alkyl halides is 5. The third kappa shape index (κ3) is 6.77. The second kappa shape index (κ2) is 11.9. The van der Waals surface area contributed by atoms with Gasteiger partial charge in [0.15, 0.2) is 0 Å². The van der Waals surface area contributed by atoms with Crippen molar-refractivity contribution in [2.24, 2.45) is 0 Å². The molecule has 4 rings (SSSR count). The Balaban J connectivity index is 1.51. The van der Waals surface area contributed by atoms with Gasteiger partial charge in [-0.1, -0.05) is 0 Å². The molecule has 9 nitrogen and oxygen atoms in total. The molecule has 0 fully saturated rings. The molecule has 3 aromatic rings. The molecular formula is C24H23F6N5O4. The smallest absolute Gasteiger partial charge is 0.423 e. The number of hydrogen-bond donors (Lipinski definition) is 2. The average Bonchev–Trinajstić information content (AvgIpc) is 2.88. The number of aromatic amines is 1. The lowest BCUT2D eigenvalue weighted by molar-refractivity contribution is -0.138. The third-order valence-electron chi connectivity index (χ3n) is 5.99. The molecule has 0 aliphatic carbocycles. The van der Waals surface area contributed by atoms with Gasteiger partial charge in [0, 0.05) is 12.6 Å². The molecule has 0 saturated heterocycles. The molecule has 0 bridgehead atoms. The highest BCUT2D eigenvalue weighted by Crippen LogP contribution is 2.32. The van der Waals surface area contributed by atoms with Gasteiger partial charge in [-0.15, -0.1) is 0 Å². The van der Waals surface area contributed by atoms with Gasteiger partial charge in [0.2, 0.25) is 0 Å². The summed E-state index contributed by atoms with van der Waals surface area (Å²) < 4.78 is 91.1. The van der Waals surface area contributed by atoms with E-state index in [1.807, 2.05) is 0 Å². The van der Waals surface area contributed by atoms with Crippen LogP contribution in [0, 0.1) is 5.82 Å². The van der Waals surface area contributed by atoms with Crippen molar-refractivity contribution in [2.45, 2.75) is 51.1 Å². The average molecular weight is 559 g/mol. The number of rotatable bonds is 10. The predicted molar refractivity (Wildman–Crippen MR) is 128 cm³/mol. The van der Waals surface area contributed by atoms with Crippen molar-refractivity contribution >= 4 is 22.3 Å². The number of nitrogens with zero attached hydrogens (tertiary/aromatic N) is 3. The van der Waals surface area contributed by atoms with Crippen LogP contribution in [0.2, 0.25) is 0 Å². The number of hydrogen-bond acceptors (Lipinski definition) is 7. The van der Waals surface area contributed by atoms with Gasteiger partial charge in [0.1, 0.15) is 17.1 Å². The fraction of sp³-hybridized carbons (Fsp3) is 0.417. The van der Waals surface area contributed by atoms with Crippen molar-refractivity contribution in [1.29, 1.82) is 0 Å². The number of nitrogens with one attached hydrogen (secondary N) is 2. The molecule has 2 aromatic heterocycles. The molecule has 1 atom stereocenters. The molecule has 2 N–H and O–H groups in total. The Hall–Kier alpha value is -3.88. The van der Waals surface area contributed by atoms with E-state index in [0.717, 1.165) is 18.9 Å². The monoisotopic (exact) mass is 559 g/mol. The summed E-state index contributed by atoms with van der Waals surface area (Å²) in [4.78, 5) is 28.9. The Kier molecular flexibility index (Phi) is 8.57. The Morgan fingerprint density at radius 3 is 2.72 bits per heavy atom. The van der Waals surface area contributed by atoms with Crippen LogP contribution >= 0.6 is 0 Å². The minimum absolute atomic E-state index is 0.00792. The molecule has 1 aliphatic heterocycles. The summed E-state index contributed by atoms with van der Waals surface area (Å²) in [5, 5.41) is 7.42.